The Morgan fingerprint density at radius 2 is 1.92 bits per heavy atom. The van der Waals surface area contributed by atoms with Crippen LogP contribution in [0.4, 0.5) is 13.2 Å². The normalized spacial score (nSPS) is 18.7. The van der Waals surface area contributed by atoms with Crippen LogP contribution in [0.3, 0.4) is 0 Å². The van der Waals surface area contributed by atoms with Gasteiger partial charge in [0.25, 0.3) is 0 Å². The molecule has 1 aliphatic carbocycles. The third-order valence-corrected chi connectivity index (χ3v) is 2.19. The Labute approximate surface area is 68.3 Å². The van der Waals surface area contributed by atoms with E-state index in [9.17, 15) is 18.0 Å². The Bertz CT molecular complexity index is 186. The van der Waals surface area contributed by atoms with E-state index in [1.165, 1.54) is 7.05 Å². The monoisotopic (exact) mass is 181 g/mol. The van der Waals surface area contributed by atoms with Crippen molar-refractivity contribution in [2.45, 2.75) is 31.5 Å². The molecule has 0 aromatic rings. The summed E-state index contributed by atoms with van der Waals surface area (Å²) in [5.74, 6) is -1.73. The van der Waals surface area contributed by atoms with E-state index in [0.29, 0.717) is 12.8 Å². The van der Waals surface area contributed by atoms with Crippen LogP contribution in [-0.4, -0.2) is 30.1 Å². The van der Waals surface area contributed by atoms with Crippen LogP contribution in [0.15, 0.2) is 0 Å². The van der Waals surface area contributed by atoms with Crippen LogP contribution in [0.1, 0.15) is 19.3 Å². The summed E-state index contributed by atoms with van der Waals surface area (Å²) >= 11 is 0. The molecule has 0 aliphatic heterocycles. The zero-order chi connectivity index (χ0) is 9.35. The number of carbonyl (C=O) groups is 1. The van der Waals surface area contributed by atoms with Crippen molar-refractivity contribution in [3.8, 4) is 0 Å². The average Bonchev–Trinajstić information content (AvgIpc) is 1.79. The second-order valence-corrected chi connectivity index (χ2v) is 3.00. The van der Waals surface area contributed by atoms with Crippen LogP contribution >= 0.6 is 0 Å². The number of nitrogens with zero attached hydrogens (tertiary/aromatic N) is 1. The second-order valence-electron chi connectivity index (χ2n) is 3.00. The molecule has 5 heteroatoms. The lowest BCUT2D eigenvalue weighted by molar-refractivity contribution is -0.187. The van der Waals surface area contributed by atoms with E-state index in [0.717, 1.165) is 11.3 Å². The van der Waals surface area contributed by atoms with Gasteiger partial charge in [-0.25, -0.2) is 0 Å². The van der Waals surface area contributed by atoms with E-state index in [1.807, 2.05) is 0 Å². The summed E-state index contributed by atoms with van der Waals surface area (Å²) in [7, 11) is 1.21. The molecule has 12 heavy (non-hydrogen) atoms. The number of halogens is 3. The summed E-state index contributed by atoms with van der Waals surface area (Å²) in [5.41, 5.74) is 0. The van der Waals surface area contributed by atoms with Crippen LogP contribution in [0, 0.1) is 0 Å². The fourth-order valence-corrected chi connectivity index (χ4v) is 1.14. The van der Waals surface area contributed by atoms with Crippen molar-refractivity contribution in [3.63, 3.8) is 0 Å². The van der Waals surface area contributed by atoms with Gasteiger partial charge < -0.3 is 4.90 Å². The molecule has 1 rings (SSSR count). The summed E-state index contributed by atoms with van der Waals surface area (Å²) in [5, 5.41) is 0. The molecule has 1 saturated carbocycles. The van der Waals surface area contributed by atoms with Gasteiger partial charge in [0, 0.05) is 13.1 Å². The first-order valence-corrected chi connectivity index (χ1v) is 3.77. The molecule has 0 radical (unpaired) electrons. The number of hydrogen-bond acceptors (Lipinski definition) is 1. The highest BCUT2D eigenvalue weighted by Crippen LogP contribution is 2.27. The second kappa shape index (κ2) is 2.95. The summed E-state index contributed by atoms with van der Waals surface area (Å²) in [6.07, 6.45) is -2.42. The van der Waals surface area contributed by atoms with Gasteiger partial charge in [0.1, 0.15) is 0 Å². The highest BCUT2D eigenvalue weighted by molar-refractivity contribution is 5.81. The summed E-state index contributed by atoms with van der Waals surface area (Å²) in [6, 6.07) is -0.195. The number of amides is 1. The zero-order valence-corrected chi connectivity index (χ0v) is 6.69. The maximum absolute atomic E-state index is 11.8. The fraction of sp³-hybridized carbons (Fsp3) is 0.857. The molecule has 0 bridgehead atoms. The van der Waals surface area contributed by atoms with Crippen LogP contribution in [0.5, 0.6) is 0 Å². The summed E-state index contributed by atoms with van der Waals surface area (Å²) in [6.45, 7) is 0. The van der Waals surface area contributed by atoms with Crippen molar-refractivity contribution >= 4 is 5.91 Å². The molecule has 0 unspecified atom stereocenters. The minimum absolute atomic E-state index is 0.195. The average molecular weight is 181 g/mol. The summed E-state index contributed by atoms with van der Waals surface area (Å²) in [4.78, 5) is 11.4. The van der Waals surface area contributed by atoms with Crippen LogP contribution < -0.4 is 0 Å². The predicted molar refractivity (Wildman–Crippen MR) is 36.5 cm³/mol. The standard InChI is InChI=1S/C7H10F3NO/c1-11(5-3-2-4-5)6(12)7(8,9)10/h5H,2-4H2,1H3. The van der Waals surface area contributed by atoms with Crippen molar-refractivity contribution in [1.29, 1.82) is 0 Å². The maximum atomic E-state index is 11.8. The van der Waals surface area contributed by atoms with E-state index in [1.54, 1.807) is 0 Å². The zero-order valence-electron chi connectivity index (χ0n) is 6.69. The van der Waals surface area contributed by atoms with Gasteiger partial charge in [0.05, 0.1) is 0 Å². The number of rotatable bonds is 1. The SMILES string of the molecule is CN(C(=O)C(F)(F)F)C1CCC1. The molecule has 0 heterocycles. The molecule has 0 saturated heterocycles. The van der Waals surface area contributed by atoms with Gasteiger partial charge in [-0.3, -0.25) is 4.79 Å². The van der Waals surface area contributed by atoms with Crippen molar-refractivity contribution in [2.24, 2.45) is 0 Å². The molecule has 0 aromatic heterocycles. The highest BCUT2D eigenvalue weighted by atomic mass is 19.4. The quantitative estimate of drug-likeness (QED) is 0.601. The van der Waals surface area contributed by atoms with Crippen molar-refractivity contribution < 1.29 is 18.0 Å². The van der Waals surface area contributed by atoms with Crippen molar-refractivity contribution in [3.05, 3.63) is 0 Å². The van der Waals surface area contributed by atoms with Gasteiger partial charge in [0.2, 0.25) is 0 Å². The lowest BCUT2D eigenvalue weighted by Gasteiger charge is -2.34. The maximum Gasteiger partial charge on any atom is 0.471 e. The first-order chi connectivity index (χ1) is 5.43. The van der Waals surface area contributed by atoms with E-state index >= 15 is 0 Å². The third kappa shape index (κ3) is 1.70. The summed E-state index contributed by atoms with van der Waals surface area (Å²) < 4.78 is 35.5. The van der Waals surface area contributed by atoms with Gasteiger partial charge in [-0.2, -0.15) is 13.2 Å². The van der Waals surface area contributed by atoms with E-state index < -0.39 is 12.1 Å². The Morgan fingerprint density at radius 3 is 2.17 bits per heavy atom. The third-order valence-electron chi connectivity index (χ3n) is 2.19. The largest absolute Gasteiger partial charge is 0.471 e. The molecule has 2 nitrogen and oxygen atoms in total. The van der Waals surface area contributed by atoms with E-state index in [2.05, 4.69) is 0 Å². The first-order valence-electron chi connectivity index (χ1n) is 3.77. The van der Waals surface area contributed by atoms with Gasteiger partial charge in [-0.05, 0) is 19.3 Å². The molecule has 0 N–H and O–H groups in total. The van der Waals surface area contributed by atoms with Gasteiger partial charge in [-0.1, -0.05) is 0 Å². The molecular weight excluding hydrogens is 171 g/mol. The lowest BCUT2D eigenvalue weighted by Crippen LogP contribution is -2.47. The van der Waals surface area contributed by atoms with Gasteiger partial charge >= 0.3 is 12.1 Å². The molecule has 0 atom stereocenters. The van der Waals surface area contributed by atoms with Crippen LogP contribution in [0.25, 0.3) is 0 Å². The Hall–Kier alpha value is -0.740. The van der Waals surface area contributed by atoms with Crippen LogP contribution in [-0.2, 0) is 4.79 Å². The molecule has 1 fully saturated rings. The molecule has 1 aliphatic rings. The van der Waals surface area contributed by atoms with E-state index in [4.69, 9.17) is 0 Å². The topological polar surface area (TPSA) is 20.3 Å². The minimum atomic E-state index is -4.72. The molecular formula is C7H10F3NO. The van der Waals surface area contributed by atoms with Crippen molar-refractivity contribution in [2.75, 3.05) is 7.05 Å². The molecule has 0 spiro atoms. The van der Waals surface area contributed by atoms with Crippen molar-refractivity contribution in [1.82, 2.24) is 4.90 Å². The molecule has 0 aromatic carbocycles. The Balaban J connectivity index is 2.51. The minimum Gasteiger partial charge on any atom is -0.335 e. The van der Waals surface area contributed by atoms with Gasteiger partial charge in [-0.15, -0.1) is 0 Å². The smallest absolute Gasteiger partial charge is 0.335 e. The fourth-order valence-electron chi connectivity index (χ4n) is 1.14. The lowest BCUT2D eigenvalue weighted by atomic mass is 9.92. The Morgan fingerprint density at radius 1 is 1.42 bits per heavy atom. The van der Waals surface area contributed by atoms with E-state index in [-0.39, 0.29) is 6.04 Å². The van der Waals surface area contributed by atoms with Crippen LogP contribution in [0.2, 0.25) is 0 Å². The molecule has 1 amide bonds. The van der Waals surface area contributed by atoms with Gasteiger partial charge in [0.15, 0.2) is 0 Å². The molecule has 70 valence electrons. The highest BCUT2D eigenvalue weighted by Gasteiger charge is 2.43. The number of hydrogen-bond donors (Lipinski definition) is 0. The number of carbonyl (C=O) groups excluding carboxylic acids is 1. The number of alkyl halides is 3. The Kier molecular flexibility index (Phi) is 2.30. The predicted octanol–water partition coefficient (Wildman–Crippen LogP) is 1.56. The first kappa shape index (κ1) is 9.35.